The summed E-state index contributed by atoms with van der Waals surface area (Å²) in [5.41, 5.74) is 17.7. The molecule has 4 aromatic heterocycles. The Bertz CT molecular complexity index is 3380. The number of aryl methyl sites for hydroxylation is 8. The number of aromatic nitrogens is 4. The Morgan fingerprint density at radius 3 is 1.02 bits per heavy atom. The van der Waals surface area contributed by atoms with E-state index in [1.54, 1.807) is 0 Å². The molecule has 82 heavy (non-hydrogen) atoms. The van der Waals surface area contributed by atoms with Gasteiger partial charge in [0.2, 0.25) is 0 Å². The van der Waals surface area contributed by atoms with E-state index in [0.29, 0.717) is 0 Å². The molecule has 6 aromatic carbocycles. The van der Waals surface area contributed by atoms with Gasteiger partial charge >= 0.3 is 5.51 Å². The zero-order valence-corrected chi connectivity index (χ0v) is 52.8. The third kappa shape index (κ3) is 22.3. The van der Waals surface area contributed by atoms with Gasteiger partial charge in [-0.15, -0.1) is 108 Å². The molecule has 9 nitrogen and oxygen atoms in total. The van der Waals surface area contributed by atoms with Gasteiger partial charge in [-0.25, -0.2) is 8.42 Å². The number of pyridine rings is 4. The van der Waals surface area contributed by atoms with Crippen molar-refractivity contribution in [1.82, 2.24) is 19.9 Å². The van der Waals surface area contributed by atoms with Crippen LogP contribution < -0.4 is 0 Å². The molecule has 0 saturated carbocycles. The molecule has 0 aliphatic carbocycles. The normalized spacial score (nSPS) is 10.1. The fourth-order valence-electron chi connectivity index (χ4n) is 7.18. The Morgan fingerprint density at radius 1 is 0.378 bits per heavy atom. The summed E-state index contributed by atoms with van der Waals surface area (Å²) in [6, 6.07) is 69.3. The second-order valence-electron chi connectivity index (χ2n) is 17.9. The van der Waals surface area contributed by atoms with Crippen molar-refractivity contribution in [2.24, 2.45) is 0 Å². The smallest absolute Gasteiger partial charge is 0.485 e. The molecule has 0 amide bonds. The molecule has 0 aliphatic rings. The molecule has 0 aliphatic heterocycles. The molecule has 432 valence electrons. The molecular weight excluding hydrogens is 1410 g/mol. The van der Waals surface area contributed by atoms with Crippen molar-refractivity contribution < 1.29 is 76.6 Å². The molecule has 2 radical (unpaired) electrons. The van der Waals surface area contributed by atoms with Gasteiger partial charge < -0.3 is 29.7 Å². The maximum atomic E-state index is 10.7. The fraction of sp³-hybridized carbons (Fsp3) is 0.164. The molecule has 10 aromatic rings. The van der Waals surface area contributed by atoms with E-state index in [4.69, 9.17) is 23.2 Å². The SMILES string of the molecule is CO.CO.Cc1ccc(-c2ccnc(-c3[c-]cccc3)c2)cc1C.Cc1ccc(-c2ccnc(-c3ccccc3)c2)cc1C.Cc1cnc(-c2[c-]cccc2)cc1C.Cc1cnc(-c2[c-]cccc2)cc1C.O=S(=O)([O-])C(F)(F)F.[Ir].[Ir]. The van der Waals surface area contributed by atoms with Gasteiger partial charge in [-0.05, 0) is 146 Å². The summed E-state index contributed by atoms with van der Waals surface area (Å²) in [6.07, 6.45) is 7.56. The van der Waals surface area contributed by atoms with E-state index in [1.807, 2.05) is 116 Å². The molecule has 0 fully saturated rings. The van der Waals surface area contributed by atoms with Crippen LogP contribution in [0.5, 0.6) is 0 Å². The van der Waals surface area contributed by atoms with E-state index < -0.39 is 15.6 Å². The standard InChI is InChI=1S/C19H17N.C19H16N.2C13H12N.CHF3O3S.2CH4O.2Ir/c2*1-14-8-9-17(12-15(14)2)18-10-11-20-19(13-18)16-6-4-3-5-7-16;2*1-10-8-13(14-9-11(10)2)12-6-4-3-5-7-12;2-1(3,4)8(5,6)7;2*1-2;;/h3-13H,1-2H3;3-6,8-13H,1-2H3;2*3-6,8-9H,1-2H3;(H,5,6,7);2*2H,1H3;;/q;3*-1;;;;;/p-1. The molecule has 15 heteroatoms. The van der Waals surface area contributed by atoms with Crippen molar-refractivity contribution >= 4 is 10.1 Å². The number of alkyl halides is 3. The van der Waals surface area contributed by atoms with Gasteiger partial charge in [0.25, 0.3) is 0 Å². The Hall–Kier alpha value is -7.16. The van der Waals surface area contributed by atoms with E-state index in [-0.39, 0.29) is 40.2 Å². The van der Waals surface area contributed by atoms with Gasteiger partial charge in [-0.3, -0.25) is 4.98 Å². The van der Waals surface area contributed by atoms with Gasteiger partial charge in [0.1, 0.15) is 0 Å². The predicted molar refractivity (Wildman–Crippen MR) is 316 cm³/mol. The quantitative estimate of drug-likeness (QED) is 0.0942. The minimum Gasteiger partial charge on any atom is -0.741 e. The Labute approximate surface area is 509 Å². The second kappa shape index (κ2) is 35.6. The number of hydrogen-bond donors (Lipinski definition) is 2. The molecule has 0 atom stereocenters. The molecule has 0 bridgehead atoms. The van der Waals surface area contributed by atoms with Crippen LogP contribution in [0.4, 0.5) is 13.2 Å². The van der Waals surface area contributed by atoms with Crippen LogP contribution in [-0.2, 0) is 50.3 Å². The summed E-state index contributed by atoms with van der Waals surface area (Å²) in [7, 11) is -4.09. The van der Waals surface area contributed by atoms with Crippen molar-refractivity contribution in [3.8, 4) is 67.3 Å². The molecule has 0 saturated heterocycles. The minimum atomic E-state index is -6.09. The van der Waals surface area contributed by atoms with Gasteiger partial charge in [-0.2, -0.15) is 13.2 Å². The number of nitrogens with zero attached hydrogens (tertiary/aromatic N) is 4. The first-order valence-electron chi connectivity index (χ1n) is 25.1. The van der Waals surface area contributed by atoms with Crippen LogP contribution in [0.2, 0.25) is 0 Å². The van der Waals surface area contributed by atoms with Crippen molar-refractivity contribution in [1.29, 1.82) is 0 Å². The molecule has 2 N–H and O–H groups in total. The van der Waals surface area contributed by atoms with E-state index in [9.17, 15) is 13.2 Å². The van der Waals surface area contributed by atoms with Crippen molar-refractivity contribution in [2.45, 2.75) is 60.9 Å². The topological polar surface area (TPSA) is 149 Å². The largest absolute Gasteiger partial charge is 0.741 e. The summed E-state index contributed by atoms with van der Waals surface area (Å²) >= 11 is 0. The number of aliphatic hydroxyl groups is 2. The Morgan fingerprint density at radius 2 is 0.695 bits per heavy atom. The number of benzene rings is 6. The average Bonchev–Trinajstić information content (AvgIpc) is 3.48. The monoisotopic (exact) mass is 1480 g/mol. The van der Waals surface area contributed by atoms with Crippen LogP contribution in [0.1, 0.15) is 44.5 Å². The number of halogens is 3. The number of aliphatic hydroxyl groups excluding tert-OH is 2. The van der Waals surface area contributed by atoms with Crippen LogP contribution in [0.15, 0.2) is 201 Å². The minimum absolute atomic E-state index is 0. The first kappa shape index (κ1) is 70.9. The van der Waals surface area contributed by atoms with Crippen LogP contribution in [0.25, 0.3) is 67.3 Å². The van der Waals surface area contributed by atoms with Gasteiger partial charge in [0, 0.05) is 84.8 Å². The zero-order chi connectivity index (χ0) is 58.8. The summed E-state index contributed by atoms with van der Waals surface area (Å²) in [5.74, 6) is 0. The van der Waals surface area contributed by atoms with Crippen LogP contribution in [0, 0.1) is 73.6 Å². The first-order valence-corrected chi connectivity index (χ1v) is 26.5. The first-order chi connectivity index (χ1) is 38.3. The summed E-state index contributed by atoms with van der Waals surface area (Å²) in [4.78, 5) is 17.7. The predicted octanol–water partition coefficient (Wildman–Crippen LogP) is 15.5. The Balaban J connectivity index is 0.000000351. The van der Waals surface area contributed by atoms with Crippen molar-refractivity contribution in [2.75, 3.05) is 14.2 Å². The van der Waals surface area contributed by atoms with E-state index >= 15 is 0 Å². The summed E-state index contributed by atoms with van der Waals surface area (Å²) in [5, 5.41) is 14.0. The Kier molecular flexibility index (Phi) is 30.8. The molecule has 4 heterocycles. The summed E-state index contributed by atoms with van der Waals surface area (Å²) in [6.45, 7) is 16.9. The van der Waals surface area contributed by atoms with E-state index in [0.717, 1.165) is 59.2 Å². The fourth-order valence-corrected chi connectivity index (χ4v) is 7.18. The van der Waals surface area contributed by atoms with Gasteiger partial charge in [0.05, 0.1) is 5.69 Å². The third-order valence-electron chi connectivity index (χ3n) is 12.3. The van der Waals surface area contributed by atoms with E-state index in [2.05, 4.69) is 178 Å². The number of rotatable bonds is 6. The summed E-state index contributed by atoms with van der Waals surface area (Å²) < 4.78 is 58.9. The van der Waals surface area contributed by atoms with Crippen LogP contribution >= 0.6 is 0 Å². The maximum Gasteiger partial charge on any atom is 0.485 e. The van der Waals surface area contributed by atoms with Crippen LogP contribution in [-0.4, -0.2) is 62.8 Å². The third-order valence-corrected chi connectivity index (χ3v) is 12.8. The van der Waals surface area contributed by atoms with E-state index in [1.165, 1.54) is 66.8 Å². The number of hydrogen-bond acceptors (Lipinski definition) is 9. The van der Waals surface area contributed by atoms with Gasteiger partial charge in [0.15, 0.2) is 10.1 Å². The average molecular weight is 1480 g/mol. The maximum absolute atomic E-state index is 10.7. The molecule has 10 rings (SSSR count). The van der Waals surface area contributed by atoms with Crippen LogP contribution in [0.3, 0.4) is 0 Å². The van der Waals surface area contributed by atoms with Crippen molar-refractivity contribution in [3.63, 3.8) is 0 Å². The van der Waals surface area contributed by atoms with Crippen molar-refractivity contribution in [3.05, 3.63) is 263 Å². The van der Waals surface area contributed by atoms with Gasteiger partial charge in [-0.1, -0.05) is 96.1 Å². The second-order valence-corrected chi connectivity index (χ2v) is 19.2. The molecule has 0 unspecified atom stereocenters. The molecule has 0 spiro atoms. The zero-order valence-electron chi connectivity index (χ0n) is 47.2. The molecular formula is C67H65F3Ir2N4O5S-4.